The molecule has 1 saturated carbocycles. The van der Waals surface area contributed by atoms with E-state index < -0.39 is 0 Å². The minimum atomic E-state index is -0.0551. The second-order valence-electron chi connectivity index (χ2n) is 6.15. The molecule has 2 nitrogen and oxygen atoms in total. The van der Waals surface area contributed by atoms with Crippen LogP contribution in [0.15, 0.2) is 18.2 Å². The van der Waals surface area contributed by atoms with Crippen LogP contribution in [0, 0.1) is 5.82 Å². The van der Waals surface area contributed by atoms with Gasteiger partial charge in [0.05, 0.1) is 5.69 Å². The molecule has 3 heteroatoms. The second kappa shape index (κ2) is 6.13. The van der Waals surface area contributed by atoms with Crippen molar-refractivity contribution in [2.45, 2.75) is 64.1 Å². The van der Waals surface area contributed by atoms with Gasteiger partial charge in [-0.05, 0) is 50.2 Å². The number of benzene rings is 1. The number of para-hydroxylation sites is 1. The van der Waals surface area contributed by atoms with Crippen LogP contribution < -0.4 is 10.2 Å². The van der Waals surface area contributed by atoms with E-state index in [0.29, 0.717) is 12.1 Å². The van der Waals surface area contributed by atoms with Crippen LogP contribution in [0.5, 0.6) is 0 Å². The molecule has 2 fully saturated rings. The number of hydrogen-bond donors (Lipinski definition) is 1. The summed E-state index contributed by atoms with van der Waals surface area (Å²) in [4.78, 5) is 2.32. The Hall–Kier alpha value is -1.09. The van der Waals surface area contributed by atoms with Crippen molar-refractivity contribution in [2.24, 2.45) is 0 Å². The Bertz CT molecular complexity index is 456. The molecule has 0 bridgehead atoms. The summed E-state index contributed by atoms with van der Waals surface area (Å²) in [6, 6.07) is 6.69. The molecule has 1 aromatic carbocycles. The van der Waals surface area contributed by atoms with Crippen LogP contribution >= 0.6 is 0 Å². The molecule has 1 aromatic rings. The fourth-order valence-corrected chi connectivity index (χ4v) is 3.29. The Morgan fingerprint density at radius 1 is 1.25 bits per heavy atom. The SMILES string of the molecule is CCC1CCCCN1c1c(F)cccc1CNC1CC1. The summed E-state index contributed by atoms with van der Waals surface area (Å²) in [6.07, 6.45) is 7.29. The van der Waals surface area contributed by atoms with Gasteiger partial charge in [0.15, 0.2) is 0 Å². The van der Waals surface area contributed by atoms with E-state index in [1.54, 1.807) is 6.07 Å². The summed E-state index contributed by atoms with van der Waals surface area (Å²) >= 11 is 0. The quantitative estimate of drug-likeness (QED) is 0.879. The van der Waals surface area contributed by atoms with Crippen LogP contribution in [-0.2, 0) is 6.54 Å². The summed E-state index contributed by atoms with van der Waals surface area (Å²) < 4.78 is 14.4. The van der Waals surface area contributed by atoms with Crippen LogP contribution in [-0.4, -0.2) is 18.6 Å². The Morgan fingerprint density at radius 3 is 2.85 bits per heavy atom. The summed E-state index contributed by atoms with van der Waals surface area (Å²) in [5.74, 6) is -0.0551. The molecular formula is C17H25FN2. The minimum Gasteiger partial charge on any atom is -0.366 e. The van der Waals surface area contributed by atoms with Crippen molar-refractivity contribution in [3.8, 4) is 0 Å². The first-order chi connectivity index (χ1) is 9.79. The molecule has 1 saturated heterocycles. The molecule has 1 aliphatic heterocycles. The lowest BCUT2D eigenvalue weighted by atomic mass is 9.97. The van der Waals surface area contributed by atoms with E-state index in [1.807, 2.05) is 6.07 Å². The van der Waals surface area contributed by atoms with Crippen LogP contribution in [0.2, 0.25) is 0 Å². The molecule has 0 spiro atoms. The highest BCUT2D eigenvalue weighted by atomic mass is 19.1. The van der Waals surface area contributed by atoms with Gasteiger partial charge in [-0.2, -0.15) is 0 Å². The lowest BCUT2D eigenvalue weighted by Crippen LogP contribution is -2.40. The fourth-order valence-electron chi connectivity index (χ4n) is 3.29. The first-order valence-electron chi connectivity index (χ1n) is 8.07. The maximum Gasteiger partial charge on any atom is 0.146 e. The lowest BCUT2D eigenvalue weighted by molar-refractivity contribution is 0.441. The highest BCUT2D eigenvalue weighted by Crippen LogP contribution is 2.32. The average molecular weight is 276 g/mol. The number of halogens is 1. The van der Waals surface area contributed by atoms with Crippen molar-refractivity contribution < 1.29 is 4.39 Å². The second-order valence-corrected chi connectivity index (χ2v) is 6.15. The molecule has 1 aliphatic carbocycles. The van der Waals surface area contributed by atoms with Gasteiger partial charge in [0.25, 0.3) is 0 Å². The number of rotatable bonds is 5. The van der Waals surface area contributed by atoms with E-state index in [2.05, 4.69) is 23.2 Å². The van der Waals surface area contributed by atoms with Crippen LogP contribution in [0.3, 0.4) is 0 Å². The van der Waals surface area contributed by atoms with E-state index in [-0.39, 0.29) is 5.82 Å². The smallest absolute Gasteiger partial charge is 0.146 e. The van der Waals surface area contributed by atoms with Crippen molar-refractivity contribution in [1.82, 2.24) is 5.32 Å². The molecule has 0 radical (unpaired) electrons. The van der Waals surface area contributed by atoms with Crippen LogP contribution in [0.4, 0.5) is 10.1 Å². The minimum absolute atomic E-state index is 0.0551. The van der Waals surface area contributed by atoms with Crippen LogP contribution in [0.1, 0.15) is 51.0 Å². The topological polar surface area (TPSA) is 15.3 Å². The van der Waals surface area contributed by atoms with Crippen molar-refractivity contribution in [1.29, 1.82) is 0 Å². The monoisotopic (exact) mass is 276 g/mol. The Morgan fingerprint density at radius 2 is 2.10 bits per heavy atom. The van der Waals surface area contributed by atoms with Crippen molar-refractivity contribution in [2.75, 3.05) is 11.4 Å². The molecule has 110 valence electrons. The highest BCUT2D eigenvalue weighted by Gasteiger charge is 2.26. The molecule has 0 amide bonds. The standard InChI is InChI=1S/C17H25FN2/c1-2-15-7-3-4-11-20(15)17-13(6-5-8-16(17)18)12-19-14-9-10-14/h5-6,8,14-15,19H,2-4,7,9-12H2,1H3. The van der Waals surface area contributed by atoms with Crippen molar-refractivity contribution in [3.05, 3.63) is 29.6 Å². The Labute approximate surface area is 121 Å². The zero-order valence-electron chi connectivity index (χ0n) is 12.4. The number of hydrogen-bond acceptors (Lipinski definition) is 2. The van der Waals surface area contributed by atoms with E-state index in [0.717, 1.165) is 30.8 Å². The highest BCUT2D eigenvalue weighted by molar-refractivity contribution is 5.56. The maximum atomic E-state index is 14.4. The van der Waals surface area contributed by atoms with Crippen molar-refractivity contribution >= 4 is 5.69 Å². The zero-order chi connectivity index (χ0) is 13.9. The third-order valence-corrected chi connectivity index (χ3v) is 4.61. The molecule has 2 aliphatic rings. The van der Waals surface area contributed by atoms with Crippen molar-refractivity contribution in [3.63, 3.8) is 0 Å². The predicted octanol–water partition coefficient (Wildman–Crippen LogP) is 3.85. The Balaban J connectivity index is 1.84. The predicted molar refractivity (Wildman–Crippen MR) is 81.5 cm³/mol. The summed E-state index contributed by atoms with van der Waals surface area (Å²) in [7, 11) is 0. The molecule has 1 N–H and O–H groups in total. The van der Waals surface area contributed by atoms with Gasteiger partial charge in [0.2, 0.25) is 0 Å². The molecule has 20 heavy (non-hydrogen) atoms. The van der Waals surface area contributed by atoms with Gasteiger partial charge in [-0.15, -0.1) is 0 Å². The largest absolute Gasteiger partial charge is 0.366 e. The van der Waals surface area contributed by atoms with Gasteiger partial charge >= 0.3 is 0 Å². The maximum absolute atomic E-state index is 14.4. The molecule has 1 atom stereocenters. The first-order valence-corrected chi connectivity index (χ1v) is 8.07. The lowest BCUT2D eigenvalue weighted by Gasteiger charge is -2.38. The fraction of sp³-hybridized carbons (Fsp3) is 0.647. The van der Waals surface area contributed by atoms with Gasteiger partial charge in [-0.25, -0.2) is 4.39 Å². The molecule has 1 heterocycles. The number of nitrogens with one attached hydrogen (secondary N) is 1. The molecule has 1 unspecified atom stereocenters. The van der Waals surface area contributed by atoms with E-state index in [1.165, 1.54) is 32.1 Å². The van der Waals surface area contributed by atoms with Crippen LogP contribution in [0.25, 0.3) is 0 Å². The number of piperidine rings is 1. The van der Waals surface area contributed by atoms with Gasteiger partial charge in [0, 0.05) is 25.2 Å². The van der Waals surface area contributed by atoms with E-state index >= 15 is 0 Å². The van der Waals surface area contributed by atoms with Gasteiger partial charge in [-0.1, -0.05) is 19.1 Å². The number of anilines is 1. The normalized spacial score (nSPS) is 23.1. The Kier molecular flexibility index (Phi) is 4.25. The van der Waals surface area contributed by atoms with Gasteiger partial charge in [-0.3, -0.25) is 0 Å². The van der Waals surface area contributed by atoms with Gasteiger partial charge < -0.3 is 10.2 Å². The van der Waals surface area contributed by atoms with Gasteiger partial charge in [0.1, 0.15) is 5.82 Å². The number of nitrogens with zero attached hydrogens (tertiary/aromatic N) is 1. The molecule has 3 rings (SSSR count). The third kappa shape index (κ3) is 2.98. The third-order valence-electron chi connectivity index (χ3n) is 4.61. The summed E-state index contributed by atoms with van der Waals surface area (Å²) in [5, 5.41) is 3.52. The summed E-state index contributed by atoms with van der Waals surface area (Å²) in [6.45, 7) is 4.01. The molecular weight excluding hydrogens is 251 g/mol. The summed E-state index contributed by atoms with van der Waals surface area (Å²) in [5.41, 5.74) is 1.98. The zero-order valence-corrected chi connectivity index (χ0v) is 12.4. The average Bonchev–Trinajstić information content (AvgIpc) is 3.29. The van der Waals surface area contributed by atoms with E-state index in [4.69, 9.17) is 0 Å². The van der Waals surface area contributed by atoms with E-state index in [9.17, 15) is 4.39 Å². The first kappa shape index (κ1) is 13.9. The molecule has 0 aromatic heterocycles.